The fraction of sp³-hybridized carbons (Fsp3) is 1.00. The Morgan fingerprint density at radius 3 is 0.700 bits per heavy atom. The molecule has 0 aliphatic carbocycles. The minimum Gasteiger partial charge on any atom is -1.00 e. The van der Waals surface area contributed by atoms with E-state index in [2.05, 4.69) is 47.1 Å². The van der Waals surface area contributed by atoms with Gasteiger partial charge in [-0.25, -0.2) is 0 Å². The Bertz CT molecular complexity index is 128. The van der Waals surface area contributed by atoms with Crippen LogP contribution in [-0.2, 0) is 11.8 Å². The van der Waals surface area contributed by atoms with Gasteiger partial charge in [-0.1, -0.05) is 266 Å². The van der Waals surface area contributed by atoms with Crippen LogP contribution in [0.4, 0.5) is 0 Å². The van der Waals surface area contributed by atoms with E-state index < -0.39 is 0 Å². The van der Waals surface area contributed by atoms with Crippen molar-refractivity contribution in [1.82, 2.24) is 0 Å². The molecule has 0 saturated carbocycles. The largest absolute Gasteiger partial charge is 1.00 e. The van der Waals surface area contributed by atoms with Crippen LogP contribution < -0.4 is 29.6 Å². The third-order valence-electron chi connectivity index (χ3n) is 2.63. The third-order valence-corrected chi connectivity index (χ3v) is 2.63. The molecule has 0 aromatic carbocycles. The molecule has 0 aliphatic rings. The molecule has 4 heteroatoms. The maximum atomic E-state index is 4.63. The number of hydrogen-bond acceptors (Lipinski definition) is 1. The quantitative estimate of drug-likeness (QED) is 0.210. The first-order chi connectivity index (χ1) is 6.17. The summed E-state index contributed by atoms with van der Waals surface area (Å²) >= 11 is 4.14. The van der Waals surface area contributed by atoms with E-state index in [1.54, 1.807) is 0 Å². The number of rotatable bonds is 5. The van der Waals surface area contributed by atoms with Crippen LogP contribution in [0, 0.1) is 11.8 Å². The van der Waals surface area contributed by atoms with E-state index in [1.165, 1.54) is 25.7 Å². The van der Waals surface area contributed by atoms with Crippen LogP contribution in [0.15, 0.2) is 0 Å². The zero-order valence-corrected chi connectivity index (χ0v) is 14.1. The summed E-state index contributed by atoms with van der Waals surface area (Å²) in [5.41, 5.74) is 0. The first-order valence-electron chi connectivity index (χ1n) is 5.20. The Morgan fingerprint density at radius 1 is 0.475 bits per heavy atom. The summed E-state index contributed by atoms with van der Waals surface area (Å²) in [6, 6.07) is 0. The molecule has 286 valence electrons. The van der Waals surface area contributed by atoms with Gasteiger partial charge in [0.05, 0.1) is 0 Å². The van der Waals surface area contributed by atoms with Crippen LogP contribution in [0.25, 0.3) is 0 Å². The Morgan fingerprint density at radius 2 is 0.625 bits per heavy atom. The van der Waals surface area contributed by atoms with Crippen molar-refractivity contribution >= 4 is 26.6 Å². The van der Waals surface area contributed by atoms with Crippen LogP contribution in [0.1, 0.15) is 248 Å². The molecule has 0 nitrogen and oxygen atoms in total. The van der Waals surface area contributed by atoms with Gasteiger partial charge in [-0.2, -0.15) is 0 Å². The van der Waals surface area contributed by atoms with Crippen LogP contribution in [0.5, 0.6) is 0 Å². The fourth-order valence-electron chi connectivity index (χ4n) is 1.60. The molecule has 0 bridgehead atoms. The van der Waals surface area contributed by atoms with Crippen LogP contribution in [0.3, 0.4) is 0 Å². The van der Waals surface area contributed by atoms with Crippen molar-refractivity contribution in [2.75, 3.05) is 0 Å². The van der Waals surface area contributed by atoms with Gasteiger partial charge in [-0.15, -0.1) is 0 Å². The smallest absolute Gasteiger partial charge is 1.00 e. The molecule has 2 atom stereocenters. The Hall–Kier alpha value is 1.58. The summed E-state index contributed by atoms with van der Waals surface area (Å²) in [7, 11) is 5.13. The van der Waals surface area contributed by atoms with E-state index >= 15 is 0 Å². The zero-order valence-electron chi connectivity index (χ0n) is 11.4. The van der Waals surface area contributed by atoms with Gasteiger partial charge < -0.3 is 1.43 Å². The molecule has 0 aromatic heterocycles. The van der Waals surface area contributed by atoms with Crippen LogP contribution in [-0.4, -0.2) is 7.57 Å². The first kappa shape index (κ1) is 432. The van der Waals surface area contributed by atoms with Gasteiger partial charge >= 0.3 is 29.6 Å². The molecule has 2 radical (unpaired) electrons. The molecule has 0 aliphatic heterocycles. The summed E-state index contributed by atoms with van der Waals surface area (Å²) in [5.74, 6) is 1.92. The molecule has 0 saturated heterocycles. The van der Waals surface area contributed by atoms with Gasteiger partial charge in [-0.05, 0) is 11.8 Å². The molecule has 2 unspecified atom stereocenters. The van der Waals surface area contributed by atoms with Gasteiger partial charge in [0, 0.05) is 0 Å². The SMILES string of the molecule is C.C.C.C.C.C.C.C.C.C.C.C.C.C.C.C.C.C.C.C.C.C.C.C.C.C.CCCC(CC)C(C)CC.[B]P=S.[H-].[Na+]. The average molecular weight is 657 g/mol. The van der Waals surface area contributed by atoms with Crippen molar-refractivity contribution in [3.63, 3.8) is 0 Å². The second-order valence-electron chi connectivity index (χ2n) is 3.45. The van der Waals surface area contributed by atoms with Crippen molar-refractivity contribution in [3.8, 4) is 0 Å². The Balaban J connectivity index is -0.00000000135. The minimum atomic E-state index is 0. The predicted octanol–water partition coefficient (Wildman–Crippen LogP) is 18.0. The summed E-state index contributed by atoms with van der Waals surface area (Å²) in [5, 5.41) is 0. The minimum absolute atomic E-state index is 0. The molecule has 0 rings (SSSR count). The van der Waals surface area contributed by atoms with Gasteiger partial charge in [0.2, 0.25) is 0 Å². The summed E-state index contributed by atoms with van der Waals surface area (Å²) < 4.78 is 0. The summed E-state index contributed by atoms with van der Waals surface area (Å²) in [6.45, 7) is 9.27. The maximum Gasteiger partial charge on any atom is 1.00 e. The van der Waals surface area contributed by atoms with E-state index in [4.69, 9.17) is 0 Å². The third kappa shape index (κ3) is 372. The van der Waals surface area contributed by atoms with Gasteiger partial charge in [0.25, 0.3) is 0 Å². The monoisotopic (exact) mass is 657 g/mol. The standard InChI is InChI=1S/C10H22.26CH4.BPS.Na.H/c1-5-8-10(7-3)9(4)6-2;;;;;;;;;;;;;;;;;;;;;;;;;;;1-2-3;;/h9-10H,5-8H2,1-4H3;26*1H4;;;/q;;;;;;;;;;;;;;;;;;;;;;;;;;;;+1;-1. The first-order valence-corrected chi connectivity index (χ1v) is 7.17. The Labute approximate surface area is 314 Å². The normalized spacial score (nSPS) is 4.70. The topological polar surface area (TPSA) is 0 Å². The van der Waals surface area contributed by atoms with Crippen molar-refractivity contribution in [1.29, 1.82) is 0 Å². The molecule has 0 amide bonds. The molecule has 40 heavy (non-hydrogen) atoms. The average Bonchev–Trinajstić information content (AvgIpc) is 2.14. The van der Waals surface area contributed by atoms with Crippen molar-refractivity contribution < 1.29 is 31.0 Å². The number of hydrogen-bond donors (Lipinski definition) is 0. The molecular formula is C36H127BNaPS. The van der Waals surface area contributed by atoms with Gasteiger partial charge in [0.15, 0.2) is 7.57 Å². The van der Waals surface area contributed by atoms with Gasteiger partial charge in [-0.3, -0.25) is 0 Å². The molecular weight excluding hydrogens is 529 g/mol. The van der Waals surface area contributed by atoms with Gasteiger partial charge in [0.1, 0.15) is 0 Å². The Kier molecular flexibility index (Phi) is 4340. The molecule has 0 N–H and O–H groups in total. The summed E-state index contributed by atoms with van der Waals surface area (Å²) in [6.07, 6.45) is 5.48. The summed E-state index contributed by atoms with van der Waals surface area (Å²) in [4.78, 5) is 0. The maximum absolute atomic E-state index is 4.63. The van der Waals surface area contributed by atoms with Crippen LogP contribution >= 0.6 is 7.23 Å². The molecule has 0 aromatic rings. The van der Waals surface area contributed by atoms with E-state index in [1.807, 2.05) is 0 Å². The molecule has 0 spiro atoms. The predicted molar refractivity (Wildman–Crippen MR) is 244 cm³/mol. The molecule has 0 fully saturated rings. The fourth-order valence-corrected chi connectivity index (χ4v) is 1.60. The van der Waals surface area contributed by atoms with Crippen LogP contribution in [0.2, 0.25) is 0 Å². The second-order valence-corrected chi connectivity index (χ2v) is 4.29. The second kappa shape index (κ2) is 402. The van der Waals surface area contributed by atoms with E-state index in [9.17, 15) is 0 Å². The van der Waals surface area contributed by atoms with Crippen molar-refractivity contribution in [3.05, 3.63) is 0 Å². The van der Waals surface area contributed by atoms with Crippen molar-refractivity contribution in [2.45, 2.75) is 246 Å². The van der Waals surface area contributed by atoms with E-state index in [0.717, 1.165) is 11.8 Å². The van der Waals surface area contributed by atoms with E-state index in [0.29, 0.717) is 7.23 Å². The zero-order chi connectivity index (χ0) is 10.7. The molecule has 0 heterocycles. The van der Waals surface area contributed by atoms with Crippen molar-refractivity contribution in [2.24, 2.45) is 11.8 Å². The van der Waals surface area contributed by atoms with E-state index in [-0.39, 0.29) is 224 Å².